The fraction of sp³-hybridized carbons (Fsp3) is 1.00. The maximum Gasteiger partial charge on any atom is 0.398 e. The number of halogens is 6. The summed E-state index contributed by atoms with van der Waals surface area (Å²) in [7, 11) is -5.84. The second-order valence-electron chi connectivity index (χ2n) is 3.49. The average molecular weight is 268 g/mol. The highest BCUT2D eigenvalue weighted by Gasteiger charge is 2.65. The van der Waals surface area contributed by atoms with Crippen LogP contribution in [-0.2, 0) is 4.46 Å². The van der Waals surface area contributed by atoms with Crippen molar-refractivity contribution in [3.63, 3.8) is 0 Å². The molecule has 0 amide bonds. The molecule has 0 bridgehead atoms. The van der Waals surface area contributed by atoms with Gasteiger partial charge in [0.25, 0.3) is 0 Å². The zero-order chi connectivity index (χ0) is 12.5. The van der Waals surface area contributed by atoms with E-state index >= 15 is 0 Å². The first-order valence-electron chi connectivity index (χ1n) is 4.08. The normalized spacial score (nSPS) is 17.7. The van der Waals surface area contributed by atoms with E-state index in [9.17, 15) is 30.8 Å². The van der Waals surface area contributed by atoms with Crippen molar-refractivity contribution in [2.45, 2.75) is 37.4 Å². The van der Waals surface area contributed by atoms with E-state index in [2.05, 4.69) is 0 Å². The smallest absolute Gasteiger partial charge is 0.396 e. The molecule has 0 N–H and O–H groups in total. The molecule has 15 heavy (non-hydrogen) atoms. The zero-order valence-corrected chi connectivity index (χ0v) is 10.2. The Morgan fingerprint density at radius 2 is 1.47 bits per heavy atom. The van der Waals surface area contributed by atoms with Gasteiger partial charge in [-0.15, -0.1) is 0 Å². The Kier molecular flexibility index (Phi) is 4.30. The molecule has 0 aromatic carbocycles. The SMILES string of the molecule is CC[Si](C)([SiH]=O)C(C(F)(F)F)C(F)(F)F. The van der Waals surface area contributed by atoms with Crippen LogP contribution < -0.4 is 0 Å². The van der Waals surface area contributed by atoms with Gasteiger partial charge in [-0.25, -0.2) is 0 Å². The molecule has 0 saturated carbocycles. The Bertz CT molecular complexity index is 223. The van der Waals surface area contributed by atoms with Gasteiger partial charge in [-0.2, -0.15) is 26.3 Å². The van der Waals surface area contributed by atoms with E-state index in [1.54, 1.807) is 0 Å². The monoisotopic (exact) mass is 268 g/mol. The molecule has 0 aliphatic carbocycles. The van der Waals surface area contributed by atoms with Crippen LogP contribution in [0, 0.1) is 0 Å². The topological polar surface area (TPSA) is 17.1 Å². The third-order valence-corrected chi connectivity index (χ3v) is 10.2. The van der Waals surface area contributed by atoms with Gasteiger partial charge in [-0.05, 0) is 0 Å². The molecule has 0 aliphatic heterocycles. The lowest BCUT2D eigenvalue weighted by Crippen LogP contribution is -2.52. The first-order chi connectivity index (χ1) is 6.49. The van der Waals surface area contributed by atoms with Crippen LogP contribution in [0.3, 0.4) is 0 Å². The lowest BCUT2D eigenvalue weighted by atomic mass is 10.4. The minimum atomic E-state index is -5.35. The summed E-state index contributed by atoms with van der Waals surface area (Å²) in [6.07, 6.45) is -10.7. The third kappa shape index (κ3) is 3.40. The van der Waals surface area contributed by atoms with Gasteiger partial charge in [0.15, 0.2) is 0 Å². The predicted octanol–water partition coefficient (Wildman–Crippen LogP) is 2.86. The molecule has 0 spiro atoms. The van der Waals surface area contributed by atoms with E-state index in [4.69, 9.17) is 0 Å². The van der Waals surface area contributed by atoms with Crippen LogP contribution in [0.15, 0.2) is 0 Å². The van der Waals surface area contributed by atoms with Gasteiger partial charge >= 0.3 is 12.4 Å². The highest BCUT2D eigenvalue weighted by atomic mass is 29.2. The molecule has 0 fully saturated rings. The minimum Gasteiger partial charge on any atom is -0.396 e. The van der Waals surface area contributed by atoms with E-state index < -0.39 is 34.4 Å². The van der Waals surface area contributed by atoms with E-state index in [0.29, 0.717) is 0 Å². The maximum absolute atomic E-state index is 12.3. The molecular weight excluding hydrogens is 258 g/mol. The van der Waals surface area contributed by atoms with Crippen molar-refractivity contribution in [2.24, 2.45) is 0 Å². The standard InChI is InChI=1S/C6H10F6OSi2/c1-3-15(2,14-13)4(5(7,8)9)6(10,11)12/h4,14H,3H2,1-2H3. The van der Waals surface area contributed by atoms with Crippen molar-refractivity contribution in [1.82, 2.24) is 0 Å². The second-order valence-corrected chi connectivity index (χ2v) is 12.7. The van der Waals surface area contributed by atoms with Crippen molar-refractivity contribution in [1.29, 1.82) is 0 Å². The van der Waals surface area contributed by atoms with Gasteiger partial charge in [0.2, 0.25) is 8.92 Å². The first kappa shape index (κ1) is 14.8. The van der Waals surface area contributed by atoms with Crippen molar-refractivity contribution >= 4 is 16.5 Å². The molecule has 1 unspecified atom stereocenters. The van der Waals surface area contributed by atoms with Crippen LogP contribution in [0.2, 0.25) is 18.1 Å². The lowest BCUT2D eigenvalue weighted by molar-refractivity contribution is -0.232. The molecule has 90 valence electrons. The van der Waals surface area contributed by atoms with E-state index in [-0.39, 0.29) is 6.04 Å². The summed E-state index contributed by atoms with van der Waals surface area (Å²) in [5.74, 6) is 0. The number of alkyl halides is 6. The molecule has 0 aliphatic rings. The summed E-state index contributed by atoms with van der Waals surface area (Å²) in [4.78, 5) is 0. The van der Waals surface area contributed by atoms with Crippen molar-refractivity contribution in [3.8, 4) is 0 Å². The van der Waals surface area contributed by atoms with Crippen LogP contribution in [-0.4, -0.2) is 28.9 Å². The van der Waals surface area contributed by atoms with E-state index in [1.165, 1.54) is 6.92 Å². The van der Waals surface area contributed by atoms with Crippen LogP contribution >= 0.6 is 0 Å². The molecule has 0 rings (SSSR count). The van der Waals surface area contributed by atoms with Gasteiger partial charge in [0.05, 0.1) is 0 Å². The predicted molar refractivity (Wildman–Crippen MR) is 45.8 cm³/mol. The number of hydrogen-bond acceptors (Lipinski definition) is 1. The van der Waals surface area contributed by atoms with Crippen molar-refractivity contribution in [2.75, 3.05) is 0 Å². The van der Waals surface area contributed by atoms with E-state index in [1.807, 2.05) is 0 Å². The number of rotatable bonds is 3. The summed E-state index contributed by atoms with van der Waals surface area (Å²) < 4.78 is 84.3. The van der Waals surface area contributed by atoms with E-state index in [0.717, 1.165) is 6.55 Å². The fourth-order valence-electron chi connectivity index (χ4n) is 1.29. The van der Waals surface area contributed by atoms with Gasteiger partial charge in [-0.1, -0.05) is 19.5 Å². The Hall–Kier alpha value is -0.186. The Labute approximate surface area is 85.5 Å². The quantitative estimate of drug-likeness (QED) is 0.568. The average Bonchev–Trinajstić information content (AvgIpc) is 1.98. The summed E-state index contributed by atoms with van der Waals surface area (Å²) in [5, 5.41) is 0. The van der Waals surface area contributed by atoms with Crippen LogP contribution in [0.25, 0.3) is 0 Å². The Morgan fingerprint density at radius 3 is 1.53 bits per heavy atom. The summed E-state index contributed by atoms with van der Waals surface area (Å²) >= 11 is 0. The highest BCUT2D eigenvalue weighted by Crippen LogP contribution is 2.50. The van der Waals surface area contributed by atoms with Gasteiger partial charge < -0.3 is 4.46 Å². The Morgan fingerprint density at radius 1 is 1.13 bits per heavy atom. The van der Waals surface area contributed by atoms with Gasteiger partial charge in [0, 0.05) is 0 Å². The molecule has 1 nitrogen and oxygen atoms in total. The van der Waals surface area contributed by atoms with Crippen LogP contribution in [0.4, 0.5) is 26.3 Å². The molecule has 0 aromatic heterocycles. The van der Waals surface area contributed by atoms with Crippen LogP contribution in [0.1, 0.15) is 6.92 Å². The highest BCUT2D eigenvalue weighted by molar-refractivity contribution is 7.20. The van der Waals surface area contributed by atoms with Gasteiger partial charge in [0.1, 0.15) is 13.1 Å². The molecule has 0 saturated heterocycles. The summed E-state index contributed by atoms with van der Waals surface area (Å²) in [5.41, 5.74) is -3.38. The second kappa shape index (κ2) is 4.36. The summed E-state index contributed by atoms with van der Waals surface area (Å²) in [6, 6.07) is -0.296. The molecular formula is C6H10F6OSi2. The fourth-order valence-corrected chi connectivity index (χ4v) is 5.54. The maximum atomic E-state index is 12.3. The molecule has 9 heteroatoms. The molecule has 0 radical (unpaired) electrons. The largest absolute Gasteiger partial charge is 0.398 e. The van der Waals surface area contributed by atoms with Crippen LogP contribution in [0.5, 0.6) is 0 Å². The molecule has 1 atom stereocenters. The Balaban J connectivity index is 5.40. The lowest BCUT2D eigenvalue weighted by Gasteiger charge is -2.32. The zero-order valence-electron chi connectivity index (χ0n) is 8.04. The minimum absolute atomic E-state index is 0.296. The molecule has 0 heterocycles. The van der Waals surface area contributed by atoms with Crippen molar-refractivity contribution < 1.29 is 30.8 Å². The first-order valence-corrected chi connectivity index (χ1v) is 9.15. The van der Waals surface area contributed by atoms with Crippen molar-refractivity contribution in [3.05, 3.63) is 0 Å². The summed E-state index contributed by atoms with van der Waals surface area (Å²) in [6.45, 7) is 2.11. The number of hydrogen-bond donors (Lipinski definition) is 0. The third-order valence-electron chi connectivity index (χ3n) is 2.35. The van der Waals surface area contributed by atoms with Gasteiger partial charge in [-0.3, -0.25) is 0 Å². The molecule has 0 aromatic rings.